The van der Waals surface area contributed by atoms with Crippen LogP contribution in [0.4, 0.5) is 11.4 Å². The van der Waals surface area contributed by atoms with E-state index < -0.39 is 0 Å². The summed E-state index contributed by atoms with van der Waals surface area (Å²) in [6.07, 6.45) is 0.902. The number of carbonyl (C=O) groups is 1. The van der Waals surface area contributed by atoms with Crippen LogP contribution in [0.25, 0.3) is 0 Å². The van der Waals surface area contributed by atoms with Crippen molar-refractivity contribution in [2.75, 3.05) is 17.6 Å². The van der Waals surface area contributed by atoms with Gasteiger partial charge in [-0.15, -0.1) is 0 Å². The molecule has 4 N–H and O–H groups in total. The number of rotatable bonds is 5. The quantitative estimate of drug-likeness (QED) is 0.686. The van der Waals surface area contributed by atoms with Crippen LogP contribution in [0.1, 0.15) is 25.8 Å². The lowest BCUT2D eigenvalue weighted by molar-refractivity contribution is -0.121. The monoisotopic (exact) mass is 246 g/mol. The predicted molar refractivity (Wildman–Crippen MR) is 72.0 cm³/mol. The van der Waals surface area contributed by atoms with E-state index in [1.54, 1.807) is 25.1 Å². The number of hydrogen-bond acceptors (Lipinski definition) is 4. The molecule has 0 spiro atoms. The molecule has 0 fully saturated rings. The normalized spacial score (nSPS) is 11.4. The summed E-state index contributed by atoms with van der Waals surface area (Å²) in [4.78, 5) is 11.7. The van der Waals surface area contributed by atoms with Crippen LogP contribution in [0.15, 0.2) is 18.2 Å². The highest BCUT2D eigenvalue weighted by molar-refractivity contribution is 5.84. The highest BCUT2D eigenvalue weighted by Crippen LogP contribution is 2.17. The highest BCUT2D eigenvalue weighted by atomic mass is 16.2. The lowest BCUT2D eigenvalue weighted by Crippen LogP contribution is -2.37. The second-order valence-corrected chi connectivity index (χ2v) is 4.07. The average molecular weight is 246 g/mol. The lowest BCUT2D eigenvalue weighted by atomic mass is 10.1. The van der Waals surface area contributed by atoms with Crippen LogP contribution in [0, 0.1) is 11.3 Å². The lowest BCUT2D eigenvalue weighted by Gasteiger charge is -2.15. The zero-order chi connectivity index (χ0) is 13.5. The van der Waals surface area contributed by atoms with Crippen molar-refractivity contribution in [3.63, 3.8) is 0 Å². The molecule has 0 radical (unpaired) electrons. The first-order chi connectivity index (χ1) is 8.58. The first-order valence-electron chi connectivity index (χ1n) is 5.92. The fraction of sp³-hybridized carbons (Fsp3) is 0.385. The fourth-order valence-electron chi connectivity index (χ4n) is 1.46. The molecule has 0 aliphatic heterocycles. The summed E-state index contributed by atoms with van der Waals surface area (Å²) in [5.74, 6) is -0.0628. The van der Waals surface area contributed by atoms with Crippen molar-refractivity contribution in [3.8, 4) is 6.07 Å². The van der Waals surface area contributed by atoms with E-state index in [1.807, 2.05) is 13.0 Å². The summed E-state index contributed by atoms with van der Waals surface area (Å²) in [5.41, 5.74) is 7.18. The van der Waals surface area contributed by atoms with Crippen molar-refractivity contribution >= 4 is 17.3 Å². The summed E-state index contributed by atoms with van der Waals surface area (Å²) < 4.78 is 0. The maximum absolute atomic E-state index is 11.7. The second-order valence-electron chi connectivity index (χ2n) is 4.07. The molecule has 1 aromatic carbocycles. The summed E-state index contributed by atoms with van der Waals surface area (Å²) in [6, 6.07) is 6.69. The van der Waals surface area contributed by atoms with Gasteiger partial charge in [-0.1, -0.05) is 6.92 Å². The smallest absolute Gasteiger partial charge is 0.242 e. The Bertz CT molecular complexity index is 465. The van der Waals surface area contributed by atoms with Gasteiger partial charge in [0.15, 0.2) is 0 Å². The van der Waals surface area contributed by atoms with Crippen LogP contribution < -0.4 is 16.4 Å². The highest BCUT2D eigenvalue weighted by Gasteiger charge is 2.12. The largest absolute Gasteiger partial charge is 0.398 e. The molecule has 96 valence electrons. The number of carbonyl (C=O) groups excluding carboxylic acids is 1. The van der Waals surface area contributed by atoms with Crippen molar-refractivity contribution in [2.45, 2.75) is 26.3 Å². The Morgan fingerprint density at radius 1 is 1.56 bits per heavy atom. The molecule has 1 rings (SSSR count). The maximum Gasteiger partial charge on any atom is 0.242 e. The first kappa shape index (κ1) is 13.8. The molecule has 0 saturated heterocycles. The van der Waals surface area contributed by atoms with E-state index in [0.717, 1.165) is 6.42 Å². The molecule has 5 nitrogen and oxygen atoms in total. The van der Waals surface area contributed by atoms with Gasteiger partial charge in [0.1, 0.15) is 12.1 Å². The molecular weight excluding hydrogens is 228 g/mol. The first-order valence-corrected chi connectivity index (χ1v) is 5.92. The second kappa shape index (κ2) is 6.50. The van der Waals surface area contributed by atoms with Gasteiger partial charge in [0.05, 0.1) is 5.56 Å². The number of nitrogens with two attached hydrogens (primary N) is 1. The fourth-order valence-corrected chi connectivity index (χ4v) is 1.46. The van der Waals surface area contributed by atoms with Gasteiger partial charge in [0.25, 0.3) is 0 Å². The third-order valence-electron chi connectivity index (χ3n) is 2.50. The van der Waals surface area contributed by atoms with Gasteiger partial charge in [-0.05, 0) is 31.5 Å². The number of nitrogen functional groups attached to an aromatic ring is 1. The molecule has 0 aromatic heterocycles. The Balaban J connectivity index is 2.67. The third-order valence-corrected chi connectivity index (χ3v) is 2.50. The van der Waals surface area contributed by atoms with Gasteiger partial charge in [-0.3, -0.25) is 4.79 Å². The van der Waals surface area contributed by atoms with Gasteiger partial charge in [-0.25, -0.2) is 0 Å². The number of nitriles is 1. The van der Waals surface area contributed by atoms with Crippen molar-refractivity contribution in [1.82, 2.24) is 5.32 Å². The minimum absolute atomic E-state index is 0.0628. The average Bonchev–Trinajstić information content (AvgIpc) is 2.37. The van der Waals surface area contributed by atoms with Crippen LogP contribution in [-0.4, -0.2) is 18.5 Å². The minimum Gasteiger partial charge on any atom is -0.398 e. The van der Waals surface area contributed by atoms with Crippen molar-refractivity contribution in [2.24, 2.45) is 0 Å². The molecule has 0 aliphatic carbocycles. The number of amides is 1. The summed E-state index contributed by atoms with van der Waals surface area (Å²) in [6.45, 7) is 4.43. The van der Waals surface area contributed by atoms with Gasteiger partial charge in [0, 0.05) is 17.9 Å². The van der Waals surface area contributed by atoms with Crippen LogP contribution in [-0.2, 0) is 4.79 Å². The molecular formula is C13H18N4O. The topological polar surface area (TPSA) is 90.9 Å². The summed E-state index contributed by atoms with van der Waals surface area (Å²) in [7, 11) is 0. The molecule has 0 bridgehead atoms. The van der Waals surface area contributed by atoms with E-state index in [1.165, 1.54) is 0 Å². The molecule has 0 saturated carbocycles. The molecule has 1 atom stereocenters. The zero-order valence-corrected chi connectivity index (χ0v) is 10.7. The Morgan fingerprint density at radius 3 is 2.89 bits per heavy atom. The van der Waals surface area contributed by atoms with E-state index >= 15 is 0 Å². The molecule has 1 amide bonds. The Hall–Kier alpha value is -2.22. The third kappa shape index (κ3) is 3.67. The number of hydrogen-bond donors (Lipinski definition) is 3. The summed E-state index contributed by atoms with van der Waals surface area (Å²) in [5, 5.41) is 14.7. The van der Waals surface area contributed by atoms with Crippen LogP contribution in [0.2, 0.25) is 0 Å². The molecule has 1 unspecified atom stereocenters. The van der Waals surface area contributed by atoms with E-state index in [4.69, 9.17) is 11.0 Å². The minimum atomic E-state index is -0.355. The Labute approximate surface area is 107 Å². The Kier molecular flexibility index (Phi) is 5.00. The van der Waals surface area contributed by atoms with Crippen molar-refractivity contribution < 1.29 is 4.79 Å². The number of anilines is 2. The van der Waals surface area contributed by atoms with E-state index in [0.29, 0.717) is 23.5 Å². The van der Waals surface area contributed by atoms with Crippen molar-refractivity contribution in [1.29, 1.82) is 5.26 Å². The number of nitrogens with one attached hydrogen (secondary N) is 2. The number of benzene rings is 1. The Morgan fingerprint density at radius 2 is 2.28 bits per heavy atom. The van der Waals surface area contributed by atoms with Gasteiger partial charge in [0.2, 0.25) is 5.91 Å². The van der Waals surface area contributed by atoms with E-state index in [-0.39, 0.29) is 11.9 Å². The maximum atomic E-state index is 11.7. The number of nitrogens with zero attached hydrogens (tertiary/aromatic N) is 1. The van der Waals surface area contributed by atoms with E-state index in [2.05, 4.69) is 10.6 Å². The standard InChI is InChI=1S/C13H18N4O/c1-3-6-16-13(18)9(2)17-11-4-5-12(15)10(7-11)8-14/h4-5,7,9,17H,3,6,15H2,1-2H3,(H,16,18). The molecule has 5 heteroatoms. The van der Waals surface area contributed by atoms with Crippen LogP contribution >= 0.6 is 0 Å². The van der Waals surface area contributed by atoms with Gasteiger partial charge in [-0.2, -0.15) is 5.26 Å². The summed E-state index contributed by atoms with van der Waals surface area (Å²) >= 11 is 0. The molecule has 0 aliphatic rings. The molecule has 18 heavy (non-hydrogen) atoms. The molecule has 0 heterocycles. The van der Waals surface area contributed by atoms with Gasteiger partial charge < -0.3 is 16.4 Å². The van der Waals surface area contributed by atoms with E-state index in [9.17, 15) is 4.79 Å². The SMILES string of the molecule is CCCNC(=O)C(C)Nc1ccc(N)c(C#N)c1. The van der Waals surface area contributed by atoms with Crippen LogP contribution in [0.5, 0.6) is 0 Å². The molecule has 1 aromatic rings. The van der Waals surface area contributed by atoms with Crippen LogP contribution in [0.3, 0.4) is 0 Å². The predicted octanol–water partition coefficient (Wildman–Crippen LogP) is 1.47. The zero-order valence-electron chi connectivity index (χ0n) is 10.7. The van der Waals surface area contributed by atoms with Gasteiger partial charge >= 0.3 is 0 Å². The van der Waals surface area contributed by atoms with Crippen molar-refractivity contribution in [3.05, 3.63) is 23.8 Å².